The number of ether oxygens (including phenoxy) is 3. The Bertz CT molecular complexity index is 998. The zero-order valence-corrected chi connectivity index (χ0v) is 21.6. The molecular weight excluding hydrogens is 432 g/mol. The van der Waals surface area contributed by atoms with Crippen LogP contribution in [0, 0.1) is 0 Å². The number of anilines is 1. The number of carbonyl (C=O) groups is 1. The average Bonchev–Trinajstić information content (AvgIpc) is 2.75. The van der Waals surface area contributed by atoms with Crippen molar-refractivity contribution in [3.63, 3.8) is 0 Å². The van der Waals surface area contributed by atoms with Gasteiger partial charge in [0, 0.05) is 37.8 Å². The largest absolute Gasteiger partial charge is 0.495 e. The quantitative estimate of drug-likeness (QED) is 0.653. The number of aliphatic hydroxyl groups is 1. The normalized spacial score (nSPS) is 19.0. The summed E-state index contributed by atoms with van der Waals surface area (Å²) < 4.78 is 17.7. The van der Waals surface area contributed by atoms with Crippen molar-refractivity contribution in [2.24, 2.45) is 0 Å². The third kappa shape index (κ3) is 5.41. The molecule has 7 nitrogen and oxygen atoms in total. The third-order valence-corrected chi connectivity index (χ3v) is 6.20. The Balaban J connectivity index is 1.93. The third-order valence-electron chi connectivity index (χ3n) is 6.20. The first-order valence-electron chi connectivity index (χ1n) is 11.6. The second-order valence-electron chi connectivity index (χ2n) is 10.5. The standard InChI is InChI=1S/C27H38N2O5/c1-26(2,3)29(15-14-18-12-10-9-11-13-18)25(31)33-23-19-16-22(32-8)20(28(6)7)17-21(19)34-27(4,5)24(23)30/h9-13,16-17,23-24,30H,14-15H2,1-8H3/t23-,24+/m0/s1. The molecule has 0 bridgehead atoms. The Morgan fingerprint density at radius 3 is 2.35 bits per heavy atom. The summed E-state index contributed by atoms with van der Waals surface area (Å²) in [5.74, 6) is 1.17. The van der Waals surface area contributed by atoms with E-state index >= 15 is 0 Å². The van der Waals surface area contributed by atoms with E-state index in [1.165, 1.54) is 0 Å². The molecule has 7 heteroatoms. The Morgan fingerprint density at radius 1 is 1.15 bits per heavy atom. The van der Waals surface area contributed by atoms with Gasteiger partial charge in [-0.05, 0) is 52.7 Å². The SMILES string of the molecule is COc1cc2c(cc1N(C)C)OC(C)(C)[C@H](O)[C@H]2OC(=O)N(CCc1ccccc1)C(C)(C)C. The molecule has 1 heterocycles. The summed E-state index contributed by atoms with van der Waals surface area (Å²) in [4.78, 5) is 17.1. The number of hydrogen-bond donors (Lipinski definition) is 1. The van der Waals surface area contributed by atoms with Crippen LogP contribution in [0.4, 0.5) is 10.5 Å². The maximum absolute atomic E-state index is 13.5. The highest BCUT2D eigenvalue weighted by atomic mass is 16.6. The van der Waals surface area contributed by atoms with Gasteiger partial charge in [-0.2, -0.15) is 0 Å². The van der Waals surface area contributed by atoms with Crippen molar-refractivity contribution in [3.05, 3.63) is 53.6 Å². The smallest absolute Gasteiger partial charge is 0.410 e. The zero-order chi connectivity index (χ0) is 25.3. The molecule has 1 aliphatic heterocycles. The van der Waals surface area contributed by atoms with Gasteiger partial charge in [0.05, 0.1) is 12.8 Å². The number of rotatable bonds is 6. The predicted molar refractivity (Wildman–Crippen MR) is 134 cm³/mol. The molecule has 0 saturated carbocycles. The summed E-state index contributed by atoms with van der Waals surface area (Å²) in [5, 5.41) is 11.2. The molecule has 3 rings (SSSR count). The first-order valence-corrected chi connectivity index (χ1v) is 11.6. The predicted octanol–water partition coefficient (Wildman–Crippen LogP) is 4.81. The van der Waals surface area contributed by atoms with Gasteiger partial charge >= 0.3 is 6.09 Å². The zero-order valence-electron chi connectivity index (χ0n) is 21.6. The Morgan fingerprint density at radius 2 is 1.79 bits per heavy atom. The molecule has 0 aromatic heterocycles. The minimum atomic E-state index is -1.06. The topological polar surface area (TPSA) is 71.5 Å². The van der Waals surface area contributed by atoms with Crippen molar-refractivity contribution in [1.29, 1.82) is 0 Å². The number of carbonyl (C=O) groups excluding carboxylic acids is 1. The van der Waals surface area contributed by atoms with Gasteiger partial charge in [0.1, 0.15) is 23.2 Å². The minimum absolute atomic E-state index is 0.465. The summed E-state index contributed by atoms with van der Waals surface area (Å²) in [6.07, 6.45) is -1.74. The molecule has 0 spiro atoms. The van der Waals surface area contributed by atoms with Gasteiger partial charge in [0.15, 0.2) is 6.10 Å². The maximum Gasteiger partial charge on any atom is 0.410 e. The van der Waals surface area contributed by atoms with E-state index in [4.69, 9.17) is 14.2 Å². The van der Waals surface area contributed by atoms with Gasteiger partial charge in [0.25, 0.3) is 0 Å². The van der Waals surface area contributed by atoms with E-state index in [-0.39, 0.29) is 0 Å². The summed E-state index contributed by atoms with van der Waals surface area (Å²) in [7, 11) is 5.42. The summed E-state index contributed by atoms with van der Waals surface area (Å²) in [6, 6.07) is 13.7. The molecule has 0 radical (unpaired) electrons. The number of nitrogens with zero attached hydrogens (tertiary/aromatic N) is 2. The maximum atomic E-state index is 13.5. The number of methoxy groups -OCH3 is 1. The number of hydrogen-bond acceptors (Lipinski definition) is 6. The van der Waals surface area contributed by atoms with Crippen molar-refractivity contribution in [3.8, 4) is 11.5 Å². The van der Waals surface area contributed by atoms with Crippen molar-refractivity contribution in [2.45, 2.75) is 64.4 Å². The van der Waals surface area contributed by atoms with E-state index in [1.54, 1.807) is 31.9 Å². The number of aliphatic hydroxyl groups excluding tert-OH is 1. The summed E-state index contributed by atoms with van der Waals surface area (Å²) in [5.41, 5.74) is 1.14. The highest BCUT2D eigenvalue weighted by Crippen LogP contribution is 2.46. The Hall–Kier alpha value is -2.93. The Kier molecular flexibility index (Phi) is 7.36. The fourth-order valence-electron chi connectivity index (χ4n) is 4.15. The van der Waals surface area contributed by atoms with E-state index in [1.807, 2.05) is 76.2 Å². The van der Waals surface area contributed by atoms with Crippen LogP contribution in [-0.4, -0.2) is 61.1 Å². The fourth-order valence-corrected chi connectivity index (χ4v) is 4.15. The first kappa shape index (κ1) is 25.7. The van der Waals surface area contributed by atoms with E-state index < -0.39 is 29.4 Å². The molecule has 1 amide bonds. The molecule has 2 aromatic rings. The van der Waals surface area contributed by atoms with Crippen molar-refractivity contribution in [2.75, 3.05) is 32.6 Å². The van der Waals surface area contributed by atoms with Crippen molar-refractivity contribution < 1.29 is 24.1 Å². The lowest BCUT2D eigenvalue weighted by molar-refractivity contribution is -0.119. The molecule has 34 heavy (non-hydrogen) atoms. The van der Waals surface area contributed by atoms with Gasteiger partial charge in [-0.15, -0.1) is 0 Å². The van der Waals surface area contributed by atoms with Gasteiger partial charge in [-0.25, -0.2) is 4.79 Å². The lowest BCUT2D eigenvalue weighted by atomic mass is 9.88. The molecule has 186 valence electrons. The number of benzene rings is 2. The molecule has 0 saturated heterocycles. The van der Waals surface area contributed by atoms with Crippen LogP contribution in [0.2, 0.25) is 0 Å². The van der Waals surface area contributed by atoms with Crippen molar-refractivity contribution >= 4 is 11.8 Å². The van der Waals surface area contributed by atoms with Crippen LogP contribution in [0.5, 0.6) is 11.5 Å². The van der Waals surface area contributed by atoms with Crippen LogP contribution in [0.1, 0.15) is 51.8 Å². The van der Waals surface area contributed by atoms with Crippen LogP contribution in [-0.2, 0) is 11.2 Å². The number of amides is 1. The molecule has 0 unspecified atom stereocenters. The van der Waals surface area contributed by atoms with Crippen LogP contribution in [0.15, 0.2) is 42.5 Å². The van der Waals surface area contributed by atoms with E-state index in [0.717, 1.165) is 11.3 Å². The molecule has 2 aromatic carbocycles. The average molecular weight is 471 g/mol. The van der Waals surface area contributed by atoms with Crippen LogP contribution < -0.4 is 14.4 Å². The van der Waals surface area contributed by atoms with Gasteiger partial charge in [-0.3, -0.25) is 0 Å². The summed E-state index contributed by atoms with van der Waals surface area (Å²) in [6.45, 7) is 10.00. The fraction of sp³-hybridized carbons (Fsp3) is 0.519. The van der Waals surface area contributed by atoms with E-state index in [0.29, 0.717) is 30.0 Å². The van der Waals surface area contributed by atoms with Crippen LogP contribution in [0.25, 0.3) is 0 Å². The van der Waals surface area contributed by atoms with Gasteiger partial charge < -0.3 is 29.1 Å². The molecule has 0 fully saturated rings. The molecular formula is C27H38N2O5. The Labute approximate surface area is 203 Å². The van der Waals surface area contributed by atoms with Crippen LogP contribution in [0.3, 0.4) is 0 Å². The molecule has 0 aliphatic carbocycles. The molecule has 2 atom stereocenters. The molecule has 1 N–H and O–H groups in total. The second kappa shape index (κ2) is 9.74. The lowest BCUT2D eigenvalue weighted by Gasteiger charge is -2.43. The summed E-state index contributed by atoms with van der Waals surface area (Å²) >= 11 is 0. The highest BCUT2D eigenvalue weighted by Gasteiger charge is 2.46. The molecule has 1 aliphatic rings. The lowest BCUT2D eigenvalue weighted by Crippen LogP contribution is -2.52. The van der Waals surface area contributed by atoms with E-state index in [2.05, 4.69) is 0 Å². The first-order chi connectivity index (χ1) is 15.8. The van der Waals surface area contributed by atoms with Crippen LogP contribution >= 0.6 is 0 Å². The second-order valence-corrected chi connectivity index (χ2v) is 10.5. The highest BCUT2D eigenvalue weighted by molar-refractivity contribution is 5.70. The van der Waals surface area contributed by atoms with Crippen molar-refractivity contribution in [1.82, 2.24) is 4.90 Å². The van der Waals surface area contributed by atoms with E-state index in [9.17, 15) is 9.90 Å². The number of fused-ring (bicyclic) bond motifs is 1. The monoisotopic (exact) mass is 470 g/mol. The van der Waals surface area contributed by atoms with Gasteiger partial charge in [0.2, 0.25) is 0 Å². The van der Waals surface area contributed by atoms with Gasteiger partial charge in [-0.1, -0.05) is 30.3 Å². The minimum Gasteiger partial charge on any atom is -0.495 e.